The van der Waals surface area contributed by atoms with Crippen LogP contribution >= 0.6 is 11.3 Å². The van der Waals surface area contributed by atoms with Crippen molar-refractivity contribution >= 4 is 17.2 Å². The number of piperazine rings is 1. The van der Waals surface area contributed by atoms with Crippen LogP contribution in [0.4, 0.5) is 4.39 Å². The number of hydrogen-bond donors (Lipinski definition) is 0. The van der Waals surface area contributed by atoms with Crippen LogP contribution < -0.4 is 0 Å². The minimum atomic E-state index is -0.164. The van der Waals surface area contributed by atoms with E-state index in [4.69, 9.17) is 0 Å². The molecule has 2 heterocycles. The van der Waals surface area contributed by atoms with Crippen molar-refractivity contribution < 1.29 is 9.18 Å². The lowest BCUT2D eigenvalue weighted by Gasteiger charge is -2.38. The molecule has 1 amide bonds. The van der Waals surface area contributed by atoms with E-state index in [0.29, 0.717) is 19.5 Å². The van der Waals surface area contributed by atoms with E-state index in [1.807, 2.05) is 36.3 Å². The zero-order valence-corrected chi connectivity index (χ0v) is 14.9. The van der Waals surface area contributed by atoms with Crippen molar-refractivity contribution in [2.45, 2.75) is 26.3 Å². The molecule has 0 spiro atoms. The van der Waals surface area contributed by atoms with Gasteiger partial charge in [-0.25, -0.2) is 9.37 Å². The number of benzene rings is 1. The van der Waals surface area contributed by atoms with Crippen molar-refractivity contribution in [3.8, 4) is 0 Å². The van der Waals surface area contributed by atoms with Gasteiger partial charge in [0.1, 0.15) is 5.82 Å². The van der Waals surface area contributed by atoms with Crippen LogP contribution in [-0.4, -0.2) is 46.9 Å². The van der Waals surface area contributed by atoms with Crippen molar-refractivity contribution in [3.05, 3.63) is 51.7 Å². The monoisotopic (exact) mass is 347 g/mol. The van der Waals surface area contributed by atoms with Gasteiger partial charge in [0.15, 0.2) is 0 Å². The number of halogens is 1. The summed E-state index contributed by atoms with van der Waals surface area (Å²) in [5, 5.41) is 2.94. The maximum atomic E-state index is 13.9. The molecule has 4 nitrogen and oxygen atoms in total. The summed E-state index contributed by atoms with van der Waals surface area (Å²) in [6.45, 7) is 6.85. The van der Waals surface area contributed by atoms with Crippen LogP contribution in [0.1, 0.15) is 29.2 Å². The fraction of sp³-hybridized carbons (Fsp3) is 0.444. The molecule has 0 saturated carbocycles. The number of carbonyl (C=O) groups is 1. The van der Waals surface area contributed by atoms with Gasteiger partial charge in [-0.15, -0.1) is 11.3 Å². The predicted octanol–water partition coefficient (Wildman–Crippen LogP) is 3.04. The van der Waals surface area contributed by atoms with Crippen molar-refractivity contribution in [1.29, 1.82) is 0 Å². The highest BCUT2D eigenvalue weighted by Crippen LogP contribution is 2.24. The van der Waals surface area contributed by atoms with E-state index in [9.17, 15) is 9.18 Å². The summed E-state index contributed by atoms with van der Waals surface area (Å²) in [7, 11) is 0. The zero-order chi connectivity index (χ0) is 17.1. The Hall–Kier alpha value is -1.79. The Labute approximate surface area is 145 Å². The minimum Gasteiger partial charge on any atom is -0.340 e. The van der Waals surface area contributed by atoms with Crippen LogP contribution in [0.2, 0.25) is 0 Å². The number of thiazole rings is 1. The Morgan fingerprint density at radius 2 is 2.00 bits per heavy atom. The molecule has 128 valence electrons. The molecule has 1 aromatic heterocycles. The Morgan fingerprint density at radius 1 is 1.29 bits per heavy atom. The molecule has 0 aliphatic carbocycles. The maximum absolute atomic E-state index is 13.9. The average molecular weight is 347 g/mol. The summed E-state index contributed by atoms with van der Waals surface area (Å²) >= 11 is 1.57. The van der Waals surface area contributed by atoms with Crippen LogP contribution in [0.25, 0.3) is 0 Å². The predicted molar refractivity (Wildman–Crippen MR) is 93.5 cm³/mol. The summed E-state index contributed by atoms with van der Waals surface area (Å²) in [5.74, 6) is -0.0408. The first-order valence-electron chi connectivity index (χ1n) is 8.22. The molecular formula is C18H22FN3OS. The Morgan fingerprint density at radius 3 is 2.62 bits per heavy atom. The standard InChI is InChI=1S/C18H22FN3OS/c1-13(16-5-3-4-6-17(16)19)21-7-9-22(10-8-21)18(23)11-15-12-24-14(2)20-15/h3-6,12-13H,7-11H2,1-2H3/t13-/m1/s1. The van der Waals surface area contributed by atoms with E-state index in [0.717, 1.165) is 29.4 Å². The summed E-state index contributed by atoms with van der Waals surface area (Å²) in [4.78, 5) is 20.9. The summed E-state index contributed by atoms with van der Waals surface area (Å²) in [6, 6.07) is 6.93. The molecule has 0 bridgehead atoms. The topological polar surface area (TPSA) is 36.4 Å². The molecule has 1 aliphatic rings. The molecular weight excluding hydrogens is 325 g/mol. The van der Waals surface area contributed by atoms with Gasteiger partial charge >= 0.3 is 0 Å². The van der Waals surface area contributed by atoms with E-state index in [1.54, 1.807) is 17.4 Å². The zero-order valence-electron chi connectivity index (χ0n) is 14.0. The maximum Gasteiger partial charge on any atom is 0.228 e. The van der Waals surface area contributed by atoms with Gasteiger partial charge in [-0.05, 0) is 19.9 Å². The highest BCUT2D eigenvalue weighted by molar-refractivity contribution is 7.09. The van der Waals surface area contributed by atoms with Gasteiger partial charge < -0.3 is 4.90 Å². The van der Waals surface area contributed by atoms with Gasteiger partial charge in [-0.1, -0.05) is 18.2 Å². The molecule has 0 N–H and O–H groups in total. The first-order valence-corrected chi connectivity index (χ1v) is 9.10. The fourth-order valence-electron chi connectivity index (χ4n) is 3.13. The van der Waals surface area contributed by atoms with E-state index in [2.05, 4.69) is 9.88 Å². The van der Waals surface area contributed by atoms with Crippen molar-refractivity contribution in [2.75, 3.05) is 26.2 Å². The number of carbonyl (C=O) groups excluding carboxylic acids is 1. The first-order chi connectivity index (χ1) is 11.5. The molecule has 6 heteroatoms. The smallest absolute Gasteiger partial charge is 0.228 e. The molecule has 1 aliphatic heterocycles. The lowest BCUT2D eigenvalue weighted by molar-refractivity contribution is -0.132. The number of aryl methyl sites for hydroxylation is 1. The average Bonchev–Trinajstić information content (AvgIpc) is 2.99. The first kappa shape index (κ1) is 17.0. The van der Waals surface area contributed by atoms with Gasteiger partial charge in [-0.3, -0.25) is 9.69 Å². The molecule has 1 atom stereocenters. The third kappa shape index (κ3) is 3.82. The van der Waals surface area contributed by atoms with Gasteiger partial charge in [0.25, 0.3) is 0 Å². The quantitative estimate of drug-likeness (QED) is 0.853. The molecule has 2 aromatic rings. The molecule has 3 rings (SSSR count). The number of rotatable bonds is 4. The molecule has 1 fully saturated rings. The Bertz CT molecular complexity index is 710. The number of nitrogens with zero attached hydrogens (tertiary/aromatic N) is 3. The third-order valence-electron chi connectivity index (χ3n) is 4.57. The largest absolute Gasteiger partial charge is 0.340 e. The number of hydrogen-bond acceptors (Lipinski definition) is 4. The van der Waals surface area contributed by atoms with Crippen LogP contribution in [0.5, 0.6) is 0 Å². The van der Waals surface area contributed by atoms with E-state index in [-0.39, 0.29) is 17.8 Å². The minimum absolute atomic E-state index is 0.0182. The molecule has 0 unspecified atom stereocenters. The van der Waals surface area contributed by atoms with E-state index >= 15 is 0 Å². The van der Waals surface area contributed by atoms with Gasteiger partial charge in [-0.2, -0.15) is 0 Å². The summed E-state index contributed by atoms with van der Waals surface area (Å²) in [5.41, 5.74) is 1.57. The lowest BCUT2D eigenvalue weighted by Crippen LogP contribution is -2.49. The van der Waals surface area contributed by atoms with Crippen LogP contribution in [0.3, 0.4) is 0 Å². The normalized spacial score (nSPS) is 17.0. The third-order valence-corrected chi connectivity index (χ3v) is 5.39. The van der Waals surface area contributed by atoms with E-state index in [1.165, 1.54) is 6.07 Å². The molecule has 24 heavy (non-hydrogen) atoms. The SMILES string of the molecule is Cc1nc(CC(=O)N2CCN([C@H](C)c3ccccc3F)CC2)cs1. The second kappa shape index (κ2) is 7.40. The number of aromatic nitrogens is 1. The second-order valence-electron chi connectivity index (χ2n) is 6.15. The van der Waals surface area contributed by atoms with Crippen LogP contribution in [0.15, 0.2) is 29.6 Å². The highest BCUT2D eigenvalue weighted by atomic mass is 32.1. The van der Waals surface area contributed by atoms with Gasteiger partial charge in [0.05, 0.1) is 17.1 Å². The Balaban J connectivity index is 1.55. The summed E-state index contributed by atoms with van der Waals surface area (Å²) < 4.78 is 13.9. The Kier molecular flexibility index (Phi) is 5.26. The van der Waals surface area contributed by atoms with Crippen molar-refractivity contribution in [1.82, 2.24) is 14.8 Å². The van der Waals surface area contributed by atoms with Gasteiger partial charge in [0, 0.05) is 43.2 Å². The highest BCUT2D eigenvalue weighted by Gasteiger charge is 2.26. The van der Waals surface area contributed by atoms with Crippen molar-refractivity contribution in [3.63, 3.8) is 0 Å². The molecule has 1 saturated heterocycles. The summed E-state index contributed by atoms with van der Waals surface area (Å²) in [6.07, 6.45) is 0.368. The molecule has 1 aromatic carbocycles. The number of amides is 1. The molecule has 0 radical (unpaired) electrons. The lowest BCUT2D eigenvalue weighted by atomic mass is 10.1. The van der Waals surface area contributed by atoms with E-state index < -0.39 is 0 Å². The van der Waals surface area contributed by atoms with Gasteiger partial charge in [0.2, 0.25) is 5.91 Å². The van der Waals surface area contributed by atoms with Crippen molar-refractivity contribution in [2.24, 2.45) is 0 Å². The fourth-order valence-corrected chi connectivity index (χ4v) is 3.74. The second-order valence-corrected chi connectivity index (χ2v) is 7.21. The van der Waals surface area contributed by atoms with Crippen LogP contribution in [-0.2, 0) is 11.2 Å². The van der Waals surface area contributed by atoms with Crippen LogP contribution in [0, 0.1) is 12.7 Å².